The number of anilines is 3. The van der Waals surface area contributed by atoms with Crippen molar-refractivity contribution in [1.82, 2.24) is 34.9 Å². The summed E-state index contributed by atoms with van der Waals surface area (Å²) in [6.45, 7) is 10.9. The van der Waals surface area contributed by atoms with Gasteiger partial charge >= 0.3 is 6.03 Å². The molecular weight excluding hydrogens is 680 g/mol. The van der Waals surface area contributed by atoms with Crippen molar-refractivity contribution in [3.05, 3.63) is 71.6 Å². The number of carbonyl (C=O) groups excluding carboxylic acids is 2. The van der Waals surface area contributed by atoms with Crippen molar-refractivity contribution in [2.75, 3.05) is 60.5 Å². The SMILES string of the molecule is Cc1nn(C)cc1-c1nc2ncc(Cl)c(Oc3ccc(N4CCN(CC5CCN(c6ccc(N7CCC(=O)NC7=O)cc6)CC5)C[C@@H]4C)cc3)c2[nH]1. The summed E-state index contributed by atoms with van der Waals surface area (Å²) in [5.41, 5.74) is 6.12. The highest BCUT2D eigenvalue weighted by Gasteiger charge is 2.29. The van der Waals surface area contributed by atoms with Gasteiger partial charge in [-0.05, 0) is 81.1 Å². The summed E-state index contributed by atoms with van der Waals surface area (Å²) in [7, 11) is 1.88. The predicted molar refractivity (Wildman–Crippen MR) is 202 cm³/mol. The lowest BCUT2D eigenvalue weighted by Gasteiger charge is -2.43. The molecule has 0 unspecified atom stereocenters. The van der Waals surface area contributed by atoms with E-state index < -0.39 is 0 Å². The molecule has 0 spiro atoms. The zero-order chi connectivity index (χ0) is 35.9. The number of piperazine rings is 1. The minimum absolute atomic E-state index is 0.217. The standard InChI is InChI=1S/C38H43ClN10O3/c1-24-21-46(22-26-12-15-47(16-13-26)27-4-6-29(7-5-27)49-17-14-33(50)41-38(49)51)18-19-48(24)28-8-10-30(11-9-28)52-35-32(39)20-40-37-34(35)42-36(43-37)31-23-45(3)44-25(31)2/h4-11,20,23-24,26H,12-19,21-22H2,1-3H3,(H,40,42,43)(H,41,50,51)/t24-/m0/s1. The Balaban J connectivity index is 0.836. The molecule has 3 fully saturated rings. The summed E-state index contributed by atoms with van der Waals surface area (Å²) >= 11 is 6.58. The van der Waals surface area contributed by atoms with Crippen LogP contribution in [0.25, 0.3) is 22.6 Å². The average molecular weight is 723 g/mol. The molecule has 0 saturated carbocycles. The molecule has 270 valence electrons. The highest BCUT2D eigenvalue weighted by molar-refractivity contribution is 6.32. The summed E-state index contributed by atoms with van der Waals surface area (Å²) in [5.74, 6) is 2.31. The van der Waals surface area contributed by atoms with Crippen molar-refractivity contribution < 1.29 is 14.3 Å². The Morgan fingerprint density at radius 1 is 0.942 bits per heavy atom. The Hall–Kier alpha value is -5.14. The van der Waals surface area contributed by atoms with Gasteiger partial charge in [-0.1, -0.05) is 11.6 Å². The second kappa shape index (κ2) is 14.1. The van der Waals surface area contributed by atoms with E-state index in [0.29, 0.717) is 58.4 Å². The number of amides is 3. The van der Waals surface area contributed by atoms with E-state index in [4.69, 9.17) is 16.3 Å². The number of rotatable bonds is 8. The largest absolute Gasteiger partial charge is 0.453 e. The molecule has 3 aliphatic rings. The van der Waals surface area contributed by atoms with Gasteiger partial charge in [-0.15, -0.1) is 0 Å². The number of fused-ring (bicyclic) bond motifs is 1. The lowest BCUT2D eigenvalue weighted by Crippen LogP contribution is -2.53. The number of carbonyl (C=O) groups is 2. The van der Waals surface area contributed by atoms with E-state index >= 15 is 0 Å². The number of aryl methyl sites for hydroxylation is 2. The molecule has 0 bridgehead atoms. The fraction of sp³-hybridized carbons (Fsp3) is 0.395. The van der Waals surface area contributed by atoms with Gasteiger partial charge in [0.2, 0.25) is 5.91 Å². The number of nitrogens with one attached hydrogen (secondary N) is 2. The number of ether oxygens (including phenoxy) is 1. The van der Waals surface area contributed by atoms with Gasteiger partial charge in [0, 0.05) is 88.6 Å². The van der Waals surface area contributed by atoms with Crippen molar-refractivity contribution in [3.8, 4) is 22.9 Å². The number of H-pyrrole nitrogens is 1. The molecule has 2 N–H and O–H groups in total. The van der Waals surface area contributed by atoms with E-state index in [-0.39, 0.29) is 11.9 Å². The number of imide groups is 1. The number of pyridine rings is 1. The van der Waals surface area contributed by atoms with Crippen molar-refractivity contribution in [2.24, 2.45) is 13.0 Å². The zero-order valence-corrected chi connectivity index (χ0v) is 30.4. The average Bonchev–Trinajstić information content (AvgIpc) is 3.72. The number of benzene rings is 2. The Bertz CT molecular complexity index is 2090. The third kappa shape index (κ3) is 6.90. The lowest BCUT2D eigenvalue weighted by molar-refractivity contribution is -0.120. The molecule has 3 aromatic heterocycles. The van der Waals surface area contributed by atoms with Crippen LogP contribution in [0.5, 0.6) is 11.5 Å². The summed E-state index contributed by atoms with van der Waals surface area (Å²) in [4.78, 5) is 45.3. The summed E-state index contributed by atoms with van der Waals surface area (Å²) in [6, 6.07) is 16.4. The fourth-order valence-electron chi connectivity index (χ4n) is 7.77. The Morgan fingerprint density at radius 2 is 1.67 bits per heavy atom. The van der Waals surface area contributed by atoms with Gasteiger partial charge in [0.15, 0.2) is 11.4 Å². The van der Waals surface area contributed by atoms with Gasteiger partial charge in [0.1, 0.15) is 22.1 Å². The van der Waals surface area contributed by atoms with Crippen LogP contribution in [0.4, 0.5) is 21.9 Å². The van der Waals surface area contributed by atoms with E-state index in [0.717, 1.165) is 69.1 Å². The Kier molecular flexibility index (Phi) is 9.22. The molecule has 14 heteroatoms. The number of hydrogen-bond donors (Lipinski definition) is 2. The van der Waals surface area contributed by atoms with Gasteiger partial charge in [0.25, 0.3) is 0 Å². The molecule has 2 aromatic carbocycles. The second-order valence-electron chi connectivity index (χ2n) is 14.1. The molecule has 6 heterocycles. The van der Waals surface area contributed by atoms with Crippen molar-refractivity contribution in [2.45, 2.75) is 39.2 Å². The summed E-state index contributed by atoms with van der Waals surface area (Å²) in [5, 5.41) is 7.23. The molecular formula is C38H43ClN10O3. The topological polar surface area (TPSA) is 128 Å². The first-order chi connectivity index (χ1) is 25.2. The van der Waals surface area contributed by atoms with Crippen LogP contribution in [0.3, 0.4) is 0 Å². The van der Waals surface area contributed by atoms with E-state index in [2.05, 4.69) is 71.3 Å². The maximum Gasteiger partial charge on any atom is 0.328 e. The highest BCUT2D eigenvalue weighted by atomic mass is 35.5. The van der Waals surface area contributed by atoms with Crippen LogP contribution in [-0.4, -0.2) is 93.4 Å². The smallest absolute Gasteiger partial charge is 0.328 e. The molecule has 3 amide bonds. The van der Waals surface area contributed by atoms with Crippen LogP contribution in [0, 0.1) is 12.8 Å². The molecule has 13 nitrogen and oxygen atoms in total. The van der Waals surface area contributed by atoms with Crippen LogP contribution in [-0.2, 0) is 11.8 Å². The number of piperidine rings is 1. The van der Waals surface area contributed by atoms with Gasteiger partial charge in [-0.25, -0.2) is 14.8 Å². The highest BCUT2D eigenvalue weighted by Crippen LogP contribution is 2.37. The first-order valence-electron chi connectivity index (χ1n) is 18.0. The third-order valence-corrected chi connectivity index (χ3v) is 10.8. The number of aromatic amines is 1. The molecule has 8 rings (SSSR count). The lowest BCUT2D eigenvalue weighted by atomic mass is 9.95. The number of aromatic nitrogens is 5. The molecule has 0 aliphatic carbocycles. The Morgan fingerprint density at radius 3 is 2.37 bits per heavy atom. The third-order valence-electron chi connectivity index (χ3n) is 10.5. The van der Waals surface area contributed by atoms with Crippen LogP contribution in [0.1, 0.15) is 31.9 Å². The first-order valence-corrected chi connectivity index (χ1v) is 18.3. The predicted octanol–water partition coefficient (Wildman–Crippen LogP) is 5.99. The second-order valence-corrected chi connectivity index (χ2v) is 14.5. The van der Waals surface area contributed by atoms with Gasteiger partial charge < -0.3 is 19.5 Å². The van der Waals surface area contributed by atoms with E-state index in [9.17, 15) is 9.59 Å². The molecule has 0 radical (unpaired) electrons. The summed E-state index contributed by atoms with van der Waals surface area (Å²) in [6.07, 6.45) is 6.14. The van der Waals surface area contributed by atoms with E-state index in [1.54, 1.807) is 15.8 Å². The van der Waals surface area contributed by atoms with Crippen LogP contribution in [0.2, 0.25) is 5.02 Å². The van der Waals surface area contributed by atoms with E-state index in [1.807, 2.05) is 44.4 Å². The number of halogens is 1. The van der Waals surface area contributed by atoms with Gasteiger partial charge in [-0.3, -0.25) is 24.6 Å². The van der Waals surface area contributed by atoms with Crippen LogP contribution >= 0.6 is 11.6 Å². The van der Waals surface area contributed by atoms with Crippen LogP contribution < -0.4 is 24.8 Å². The van der Waals surface area contributed by atoms with Crippen LogP contribution in [0.15, 0.2) is 60.9 Å². The quantitative estimate of drug-likeness (QED) is 0.199. The molecule has 3 aliphatic heterocycles. The van der Waals surface area contributed by atoms with Gasteiger partial charge in [0.05, 0.1) is 17.5 Å². The first kappa shape index (κ1) is 34.0. The molecule has 52 heavy (non-hydrogen) atoms. The van der Waals surface area contributed by atoms with Crippen molar-refractivity contribution >= 4 is 51.8 Å². The molecule has 3 saturated heterocycles. The number of urea groups is 1. The number of nitrogens with zero attached hydrogens (tertiary/aromatic N) is 8. The van der Waals surface area contributed by atoms with Gasteiger partial charge in [-0.2, -0.15) is 5.10 Å². The minimum Gasteiger partial charge on any atom is -0.453 e. The van der Waals surface area contributed by atoms with Crippen molar-refractivity contribution in [3.63, 3.8) is 0 Å². The zero-order valence-electron chi connectivity index (χ0n) is 29.7. The van der Waals surface area contributed by atoms with E-state index in [1.165, 1.54) is 11.4 Å². The monoisotopic (exact) mass is 722 g/mol. The Labute approximate surface area is 307 Å². The minimum atomic E-state index is -0.349. The molecule has 1 atom stereocenters. The maximum atomic E-state index is 12.2. The number of imidazole rings is 1. The summed E-state index contributed by atoms with van der Waals surface area (Å²) < 4.78 is 8.09. The molecule has 5 aromatic rings. The fourth-order valence-corrected chi connectivity index (χ4v) is 7.95. The normalized spacial score (nSPS) is 19.1. The van der Waals surface area contributed by atoms with Crippen molar-refractivity contribution in [1.29, 1.82) is 0 Å². The maximum absolute atomic E-state index is 12.2. The number of hydrogen-bond acceptors (Lipinski definition) is 9.